The maximum absolute atomic E-state index is 11.6. The summed E-state index contributed by atoms with van der Waals surface area (Å²) in [5.74, 6) is 0. The summed E-state index contributed by atoms with van der Waals surface area (Å²) in [7, 11) is 0.998. The number of rotatable bonds is 2. The van der Waals surface area contributed by atoms with Crippen LogP contribution in [0.5, 0.6) is 0 Å². The van der Waals surface area contributed by atoms with Gasteiger partial charge in [0.1, 0.15) is 0 Å². The fraction of sp³-hybridized carbons (Fsp3) is 0.808. The molecule has 3 aliphatic heterocycles. The maximum Gasteiger partial charge on any atom is 0.498 e. The van der Waals surface area contributed by atoms with E-state index in [1.54, 1.807) is 16.0 Å². The molecule has 1 aromatic heterocycles. The number of amides is 2. The van der Waals surface area contributed by atoms with Crippen molar-refractivity contribution in [1.29, 1.82) is 0 Å². The molecular weight excluding hydrogens is 475 g/mol. The van der Waals surface area contributed by atoms with Crippen molar-refractivity contribution < 1.29 is 28.7 Å². The largest absolute Gasteiger partial charge is 0.498 e. The molecule has 0 aromatic carbocycles. The number of carbonyl (C=O) groups excluding carboxylic acids is 1. The number of hydrogen-bond donors (Lipinski definition) is 1. The maximum atomic E-state index is 11.6. The summed E-state index contributed by atoms with van der Waals surface area (Å²) in [5.41, 5.74) is 0.00806. The highest BCUT2D eigenvalue weighted by Gasteiger charge is 2.52. The van der Waals surface area contributed by atoms with Gasteiger partial charge in [-0.25, -0.2) is 9.59 Å². The van der Waals surface area contributed by atoms with Gasteiger partial charge in [0.15, 0.2) is 0 Å². The molecule has 0 radical (unpaired) electrons. The lowest BCUT2D eigenvalue weighted by Gasteiger charge is -2.44. The molecule has 3 aliphatic rings. The topological polar surface area (TPSA) is 106 Å². The second kappa shape index (κ2) is 11.2. The molecule has 1 N–H and O–H groups in total. The summed E-state index contributed by atoms with van der Waals surface area (Å²) in [6.45, 7) is 16.7. The van der Waals surface area contributed by atoms with Crippen molar-refractivity contribution in [3.63, 3.8) is 0 Å². The molecule has 3 saturated heterocycles. The quantitative estimate of drug-likeness (QED) is 0.584. The van der Waals surface area contributed by atoms with Crippen LogP contribution in [-0.4, -0.2) is 88.0 Å². The fourth-order valence-electron chi connectivity index (χ4n) is 5.10. The van der Waals surface area contributed by atoms with Crippen molar-refractivity contribution in [2.24, 2.45) is 5.41 Å². The minimum Gasteiger partial charge on any atom is -0.465 e. The van der Waals surface area contributed by atoms with Gasteiger partial charge < -0.3 is 29.0 Å². The normalized spacial score (nSPS) is 25.4. The van der Waals surface area contributed by atoms with Gasteiger partial charge in [0.2, 0.25) is 0 Å². The molecule has 2 atom stereocenters. The van der Waals surface area contributed by atoms with Gasteiger partial charge in [-0.3, -0.25) is 4.68 Å². The van der Waals surface area contributed by atoms with E-state index >= 15 is 0 Å². The Bertz CT molecular complexity index is 922. The minimum absolute atomic E-state index is 0.0433. The molecular formula is C26H45BN4O6. The number of nitrogens with zero attached hydrogens (tertiary/aromatic N) is 4. The van der Waals surface area contributed by atoms with Crippen LogP contribution < -0.4 is 5.46 Å². The summed E-state index contributed by atoms with van der Waals surface area (Å²) in [6, 6.07) is 0.124. The van der Waals surface area contributed by atoms with Crippen LogP contribution in [0, 0.1) is 5.41 Å². The van der Waals surface area contributed by atoms with Crippen molar-refractivity contribution in [3.8, 4) is 0 Å². The zero-order valence-corrected chi connectivity index (χ0v) is 23.8. The Morgan fingerprint density at radius 2 is 1.68 bits per heavy atom. The van der Waals surface area contributed by atoms with Gasteiger partial charge in [0.25, 0.3) is 0 Å². The molecule has 0 saturated carbocycles. The number of piperidine rings is 2. The second-order valence-electron chi connectivity index (χ2n) is 12.4. The van der Waals surface area contributed by atoms with E-state index < -0.39 is 13.2 Å². The summed E-state index contributed by atoms with van der Waals surface area (Å²) in [6.07, 6.45) is 7.76. The molecule has 10 nitrogen and oxygen atoms in total. The molecule has 4 rings (SSSR count). The van der Waals surface area contributed by atoms with E-state index in [9.17, 15) is 14.7 Å². The number of carbonyl (C=O) groups is 2. The summed E-state index contributed by atoms with van der Waals surface area (Å²) < 4.78 is 18.8. The minimum atomic E-state index is -0.841. The number of carboxylic acid groups (broad SMARTS) is 1. The summed E-state index contributed by atoms with van der Waals surface area (Å²) in [4.78, 5) is 25.8. The van der Waals surface area contributed by atoms with E-state index in [4.69, 9.17) is 9.31 Å². The third-order valence-corrected chi connectivity index (χ3v) is 8.13. The van der Waals surface area contributed by atoms with Gasteiger partial charge in [0.05, 0.1) is 24.4 Å². The van der Waals surface area contributed by atoms with Gasteiger partial charge in [-0.15, -0.1) is 0 Å². The first-order valence-corrected chi connectivity index (χ1v) is 13.4. The van der Waals surface area contributed by atoms with Gasteiger partial charge in [-0.1, -0.05) is 20.8 Å². The van der Waals surface area contributed by atoms with E-state index in [1.165, 1.54) is 13.5 Å². The fourth-order valence-corrected chi connectivity index (χ4v) is 5.10. The van der Waals surface area contributed by atoms with Crippen LogP contribution in [0.25, 0.3) is 0 Å². The highest BCUT2D eigenvalue weighted by atomic mass is 16.7. The smallest absolute Gasteiger partial charge is 0.465 e. The van der Waals surface area contributed by atoms with Crippen LogP contribution >= 0.6 is 0 Å². The predicted molar refractivity (Wildman–Crippen MR) is 142 cm³/mol. The van der Waals surface area contributed by atoms with E-state index in [0.29, 0.717) is 6.54 Å². The number of methoxy groups -OCH3 is 1. The van der Waals surface area contributed by atoms with Gasteiger partial charge >= 0.3 is 19.3 Å². The molecule has 2 unspecified atom stereocenters. The molecule has 1 aromatic rings. The molecule has 4 heterocycles. The van der Waals surface area contributed by atoms with Crippen molar-refractivity contribution in [3.05, 3.63) is 12.4 Å². The van der Waals surface area contributed by atoms with Crippen molar-refractivity contribution in [2.75, 3.05) is 26.7 Å². The predicted octanol–water partition coefficient (Wildman–Crippen LogP) is 4.15. The first-order valence-electron chi connectivity index (χ1n) is 13.4. The molecule has 11 heteroatoms. The number of aromatic nitrogens is 2. The average molecular weight is 520 g/mol. The number of hydrogen-bond acceptors (Lipinski definition) is 6. The Morgan fingerprint density at radius 1 is 1.08 bits per heavy atom. The van der Waals surface area contributed by atoms with E-state index in [0.717, 1.165) is 44.2 Å². The van der Waals surface area contributed by atoms with Crippen LogP contribution in [0.1, 0.15) is 86.6 Å². The Morgan fingerprint density at radius 3 is 2.19 bits per heavy atom. The highest BCUT2D eigenvalue weighted by molar-refractivity contribution is 6.62. The van der Waals surface area contributed by atoms with Crippen LogP contribution in [0.15, 0.2) is 12.4 Å². The van der Waals surface area contributed by atoms with Crippen LogP contribution in [0.2, 0.25) is 0 Å². The number of ether oxygens (including phenoxy) is 1. The third-order valence-electron chi connectivity index (χ3n) is 8.13. The average Bonchev–Trinajstić information content (AvgIpc) is 3.40. The zero-order valence-electron chi connectivity index (χ0n) is 23.8. The van der Waals surface area contributed by atoms with E-state index in [-0.39, 0.29) is 34.8 Å². The van der Waals surface area contributed by atoms with Crippen molar-refractivity contribution >= 4 is 24.8 Å². The first kappa shape index (κ1) is 29.3. The van der Waals surface area contributed by atoms with Crippen molar-refractivity contribution in [1.82, 2.24) is 19.6 Å². The summed E-state index contributed by atoms with van der Waals surface area (Å²) >= 11 is 0. The molecule has 0 spiro atoms. The van der Waals surface area contributed by atoms with Gasteiger partial charge in [-0.2, -0.15) is 5.10 Å². The molecule has 2 amide bonds. The Labute approximate surface area is 221 Å². The molecule has 37 heavy (non-hydrogen) atoms. The molecule has 0 bridgehead atoms. The lowest BCUT2D eigenvalue weighted by Crippen LogP contribution is -2.51. The second-order valence-corrected chi connectivity index (χ2v) is 12.4. The monoisotopic (exact) mass is 520 g/mol. The molecule has 0 aliphatic carbocycles. The molecule has 3 fully saturated rings. The zero-order chi connectivity index (χ0) is 27.6. The van der Waals surface area contributed by atoms with E-state index in [2.05, 4.69) is 30.6 Å². The highest BCUT2D eigenvalue weighted by Crippen LogP contribution is 2.38. The standard InChI is InChI=1S/C19H32BN3O4.C7H13NO2/c1-17(2,3)15-10-14(8-9-22(15)16(24)25)23-12-13(11-21-23)20-26-18(4,5)19(6,7)27-20;1-10-7(9)8-5-3-2-4-6-8/h11-12,14-15H,8-10H2,1-7H3,(H,24,25);2-6H2,1H3. The van der Waals surface area contributed by atoms with Crippen molar-refractivity contribution in [2.45, 2.75) is 104 Å². The van der Waals surface area contributed by atoms with Crippen LogP contribution in [0.3, 0.4) is 0 Å². The Hall–Kier alpha value is -2.27. The third kappa shape index (κ3) is 6.79. The lowest BCUT2D eigenvalue weighted by molar-refractivity contribution is 0.00578. The van der Waals surface area contributed by atoms with Gasteiger partial charge in [0, 0.05) is 43.5 Å². The Balaban J connectivity index is 0.000000319. The van der Waals surface area contributed by atoms with Gasteiger partial charge in [-0.05, 0) is 65.2 Å². The Kier molecular flexibility index (Phi) is 8.89. The SMILES string of the molecule is CC(C)(C)C1CC(n2cc(B3OC(C)(C)C(C)(C)O3)cn2)CCN1C(=O)O.COC(=O)N1CCCCC1. The van der Waals surface area contributed by atoms with Crippen LogP contribution in [0.4, 0.5) is 9.59 Å². The van der Waals surface area contributed by atoms with E-state index in [1.807, 2.05) is 38.6 Å². The molecule has 208 valence electrons. The summed E-state index contributed by atoms with van der Waals surface area (Å²) in [5, 5.41) is 14.1. The van der Waals surface area contributed by atoms with Crippen LogP contribution in [-0.2, 0) is 14.0 Å². The lowest BCUT2D eigenvalue weighted by atomic mass is 9.79. The number of likely N-dealkylation sites (tertiary alicyclic amines) is 2. The first-order chi connectivity index (χ1) is 17.2.